The highest BCUT2D eigenvalue weighted by Crippen LogP contribution is 2.69. The van der Waals surface area contributed by atoms with Gasteiger partial charge in [0.15, 0.2) is 0 Å². The molecule has 15 heteroatoms. The second-order valence-corrected chi connectivity index (χ2v) is 24.8. The zero-order chi connectivity index (χ0) is 46.2. The second-order valence-electron chi connectivity index (χ2n) is 19.7. The van der Waals surface area contributed by atoms with Crippen LogP contribution in [-0.4, -0.2) is 78.5 Å². The second kappa shape index (κ2) is 22.5. The van der Waals surface area contributed by atoms with Crippen LogP contribution in [0.2, 0.25) is 16.1 Å². The van der Waals surface area contributed by atoms with E-state index >= 15 is 0 Å². The van der Waals surface area contributed by atoms with Gasteiger partial charge in [-0.3, -0.25) is 15.4 Å². The first-order valence-electron chi connectivity index (χ1n) is 23.5. The van der Waals surface area contributed by atoms with Gasteiger partial charge >= 0.3 is 21.0 Å². The minimum atomic E-state index is -2.53. The summed E-state index contributed by atoms with van der Waals surface area (Å²) < 4.78 is 29.3. The Morgan fingerprint density at radius 3 is 2.11 bits per heavy atom. The average Bonchev–Trinajstić information content (AvgIpc) is 3.60. The van der Waals surface area contributed by atoms with Gasteiger partial charge in [-0.05, 0) is 178 Å². The summed E-state index contributed by atoms with van der Waals surface area (Å²) in [5.74, 6) is 4.28. The third-order valence-corrected chi connectivity index (χ3v) is 20.3. The van der Waals surface area contributed by atoms with Gasteiger partial charge in [0.25, 0.3) is 0 Å². The topological polar surface area (TPSA) is 133 Å². The third-order valence-electron chi connectivity index (χ3n) is 15.9. The molecule has 0 heterocycles. The minimum Gasteiger partial charge on any atom is -0.446 e. The summed E-state index contributed by atoms with van der Waals surface area (Å²) in [5.41, 5.74) is 3.20. The Morgan fingerprint density at radius 1 is 0.797 bits per heavy atom. The van der Waals surface area contributed by atoms with Crippen LogP contribution in [0, 0.1) is 60.2 Å². The standard InChI is InChI=1S/C49H73Cl2N3O8SSi/c1-31-23-32(2)25-37(24-31)53-46(56)61-39-17-18-48(4)34(26-39)12-13-40-42-15-14-41(33(3)11-16-45(55)52-19-9-20-63-21-10-22-64(58-6,59-7)60-8)49(42,5)44(30-43(40)48)62-47(57)54-38-28-35(50)27-36(51)29-38/h23-25,27-29,33-34,39-44H,9-22,26,30H2,1-8H3,(H,52,55)(H,53,56)(H,54,57)/t33-,34+,39-,40+,41+,42+,43+,44+,48+,49-/m1/s1. The van der Waals surface area contributed by atoms with Crippen LogP contribution in [0.5, 0.6) is 0 Å². The fraction of sp³-hybridized carbons (Fsp3) is 0.694. The molecule has 0 spiro atoms. The summed E-state index contributed by atoms with van der Waals surface area (Å²) in [4.78, 5) is 40.2. The molecule has 4 saturated carbocycles. The fourth-order valence-electron chi connectivity index (χ4n) is 12.7. The maximum Gasteiger partial charge on any atom is 0.500 e. The lowest BCUT2D eigenvalue weighted by atomic mass is 9.43. The summed E-state index contributed by atoms with van der Waals surface area (Å²) in [7, 11) is 2.40. The lowest BCUT2D eigenvalue weighted by Gasteiger charge is -2.62. The number of rotatable bonds is 19. The Kier molecular flexibility index (Phi) is 17.9. The molecule has 0 bridgehead atoms. The van der Waals surface area contributed by atoms with Crippen molar-refractivity contribution >= 4 is 73.2 Å². The molecule has 4 fully saturated rings. The number of anilines is 2. The number of thioether (sulfide) groups is 1. The molecule has 3 N–H and O–H groups in total. The van der Waals surface area contributed by atoms with E-state index in [0.717, 1.165) is 105 Å². The molecular formula is C49H73Cl2N3O8SSi. The maximum atomic E-state index is 13.9. The number of carbonyl (C=O) groups excluding carboxylic acids is 3. The van der Waals surface area contributed by atoms with Crippen molar-refractivity contribution in [1.82, 2.24) is 5.32 Å². The molecular weight excluding hydrogens is 890 g/mol. The highest BCUT2D eigenvalue weighted by molar-refractivity contribution is 7.99. The van der Waals surface area contributed by atoms with Crippen molar-refractivity contribution in [1.29, 1.82) is 0 Å². The number of benzene rings is 2. The Morgan fingerprint density at radius 2 is 1.44 bits per heavy atom. The van der Waals surface area contributed by atoms with Crippen molar-refractivity contribution < 1.29 is 37.1 Å². The van der Waals surface area contributed by atoms with Crippen LogP contribution in [0.4, 0.5) is 21.0 Å². The van der Waals surface area contributed by atoms with Crippen molar-refractivity contribution in [3.8, 4) is 0 Å². The van der Waals surface area contributed by atoms with Crippen molar-refractivity contribution in [3.05, 3.63) is 57.6 Å². The van der Waals surface area contributed by atoms with E-state index in [4.69, 9.17) is 46.0 Å². The van der Waals surface area contributed by atoms with E-state index in [2.05, 4.69) is 42.8 Å². The minimum absolute atomic E-state index is 0.0264. The molecule has 6 rings (SSSR count). The largest absolute Gasteiger partial charge is 0.500 e. The van der Waals surface area contributed by atoms with Gasteiger partial charge < -0.3 is 28.1 Å². The first kappa shape index (κ1) is 50.9. The number of aryl methyl sites for hydroxylation is 2. The average molecular weight is 963 g/mol. The Balaban J connectivity index is 1.08. The van der Waals surface area contributed by atoms with Crippen molar-refractivity contribution in [3.63, 3.8) is 0 Å². The highest BCUT2D eigenvalue weighted by Gasteiger charge is 2.65. The lowest BCUT2D eigenvalue weighted by molar-refractivity contribution is -0.174. The van der Waals surface area contributed by atoms with Gasteiger partial charge in [0, 0.05) is 67.2 Å². The van der Waals surface area contributed by atoms with Gasteiger partial charge in [-0.15, -0.1) is 0 Å². The fourth-order valence-corrected chi connectivity index (χ4v) is 16.2. The van der Waals surface area contributed by atoms with Gasteiger partial charge in [-0.2, -0.15) is 11.8 Å². The number of fused-ring (bicyclic) bond motifs is 5. The highest BCUT2D eigenvalue weighted by atomic mass is 35.5. The molecule has 4 aliphatic carbocycles. The third kappa shape index (κ3) is 12.1. The number of halogens is 2. The summed E-state index contributed by atoms with van der Waals surface area (Å²) in [6, 6.07) is 11.8. The van der Waals surface area contributed by atoms with E-state index in [9.17, 15) is 14.4 Å². The molecule has 0 aliphatic heterocycles. The monoisotopic (exact) mass is 961 g/mol. The van der Waals surface area contributed by atoms with Crippen LogP contribution < -0.4 is 16.0 Å². The van der Waals surface area contributed by atoms with Crippen molar-refractivity contribution in [2.24, 2.45) is 46.3 Å². The SMILES string of the molecule is CO[Si](CCCSCCCNC(=O)CC[C@@H](C)[C@@H]1CC[C@H]2[C@@H]3CC[C@H]4C[C@H](OC(=O)Nc5cc(C)cc(C)c5)CC[C@]4(C)[C@H]3C[C@H](OC(=O)Nc3cc(Cl)cc(Cl)c3)[C@@]21C)(OC)OC. The van der Waals surface area contributed by atoms with Crippen LogP contribution >= 0.6 is 35.0 Å². The van der Waals surface area contributed by atoms with Gasteiger partial charge in [-0.25, -0.2) is 9.59 Å². The Bertz CT molecular complexity index is 1880. The Labute approximate surface area is 397 Å². The van der Waals surface area contributed by atoms with E-state index in [1.165, 1.54) is 0 Å². The molecule has 11 nitrogen and oxygen atoms in total. The number of ether oxygens (including phenoxy) is 2. The number of hydrogen-bond donors (Lipinski definition) is 3. The van der Waals surface area contributed by atoms with Crippen LogP contribution in [-0.2, 0) is 27.5 Å². The summed E-state index contributed by atoms with van der Waals surface area (Å²) >= 11 is 14.5. The van der Waals surface area contributed by atoms with Crippen molar-refractivity contribution in [2.75, 3.05) is 50.0 Å². The van der Waals surface area contributed by atoms with E-state index in [0.29, 0.717) is 58.3 Å². The molecule has 0 radical (unpaired) electrons. The molecule has 2 aromatic rings. The molecule has 4 aliphatic rings. The molecule has 0 aromatic heterocycles. The zero-order valence-corrected chi connectivity index (χ0v) is 42.7. The first-order valence-corrected chi connectivity index (χ1v) is 27.4. The number of nitrogens with one attached hydrogen (secondary N) is 3. The van der Waals surface area contributed by atoms with Crippen LogP contribution in [0.15, 0.2) is 36.4 Å². The number of carbonyl (C=O) groups is 3. The number of hydrogen-bond acceptors (Lipinski definition) is 9. The van der Waals surface area contributed by atoms with Gasteiger partial charge in [0.2, 0.25) is 5.91 Å². The van der Waals surface area contributed by atoms with E-state index in [-0.39, 0.29) is 34.9 Å². The molecule has 64 heavy (non-hydrogen) atoms. The van der Waals surface area contributed by atoms with Crippen LogP contribution in [0.1, 0.15) is 109 Å². The predicted octanol–water partition coefficient (Wildman–Crippen LogP) is 12.3. The van der Waals surface area contributed by atoms with Gasteiger partial charge in [-0.1, -0.05) is 50.0 Å². The summed E-state index contributed by atoms with van der Waals surface area (Å²) in [6.07, 6.45) is 9.49. The Hall–Kier alpha value is -2.52. The summed E-state index contributed by atoms with van der Waals surface area (Å²) in [6.45, 7) is 11.8. The predicted molar refractivity (Wildman–Crippen MR) is 260 cm³/mol. The van der Waals surface area contributed by atoms with E-state index in [1.54, 1.807) is 39.5 Å². The quantitative estimate of drug-likeness (QED) is 0.0929. The maximum absolute atomic E-state index is 13.9. The van der Waals surface area contributed by atoms with Crippen molar-refractivity contribution in [2.45, 2.75) is 130 Å². The van der Waals surface area contributed by atoms with E-state index < -0.39 is 21.0 Å². The first-order chi connectivity index (χ1) is 30.5. The normalized spacial score (nSPS) is 29.1. The summed E-state index contributed by atoms with van der Waals surface area (Å²) in [5, 5.41) is 9.94. The van der Waals surface area contributed by atoms with E-state index in [1.807, 2.05) is 37.7 Å². The smallest absolute Gasteiger partial charge is 0.446 e. The molecule has 0 saturated heterocycles. The zero-order valence-electron chi connectivity index (χ0n) is 39.3. The van der Waals surface area contributed by atoms with Gasteiger partial charge in [0.1, 0.15) is 12.2 Å². The lowest BCUT2D eigenvalue weighted by Crippen LogP contribution is -2.60. The number of amides is 3. The molecule has 3 amide bonds. The molecule has 356 valence electrons. The van der Waals surface area contributed by atoms with Gasteiger partial charge in [0.05, 0.1) is 0 Å². The van der Waals surface area contributed by atoms with Crippen LogP contribution in [0.25, 0.3) is 0 Å². The molecule has 10 atom stereocenters. The van der Waals surface area contributed by atoms with Crippen LogP contribution in [0.3, 0.4) is 0 Å². The molecule has 0 unspecified atom stereocenters. The molecule has 2 aromatic carbocycles.